The summed E-state index contributed by atoms with van der Waals surface area (Å²) in [5.41, 5.74) is 0.786. The van der Waals surface area contributed by atoms with Gasteiger partial charge < -0.3 is 10.2 Å². The minimum atomic E-state index is -4.52. The Balaban J connectivity index is 1.65. The fourth-order valence-corrected chi connectivity index (χ4v) is 3.49. The van der Waals surface area contributed by atoms with Gasteiger partial charge in [-0.15, -0.1) is 11.3 Å². The van der Waals surface area contributed by atoms with E-state index >= 15 is 0 Å². The summed E-state index contributed by atoms with van der Waals surface area (Å²) in [6.07, 6.45) is -4.82. The van der Waals surface area contributed by atoms with E-state index in [4.69, 9.17) is 0 Å². The van der Waals surface area contributed by atoms with Gasteiger partial charge in [-0.05, 0) is 0 Å². The molecule has 0 spiro atoms. The number of likely N-dealkylation sites (tertiary alicyclic amines) is 1. The van der Waals surface area contributed by atoms with Crippen molar-refractivity contribution in [3.63, 3.8) is 0 Å². The molecular weight excluding hydrogens is 401 g/mol. The Morgan fingerprint density at radius 2 is 2.18 bits per heavy atom. The van der Waals surface area contributed by atoms with Gasteiger partial charge in [-0.25, -0.2) is 4.98 Å². The quantitative estimate of drug-likeness (QED) is 0.598. The monoisotopic (exact) mass is 414 g/mol. The second-order valence-corrected chi connectivity index (χ2v) is 6.98. The Bertz CT molecular complexity index is 931. The summed E-state index contributed by atoms with van der Waals surface area (Å²) in [4.78, 5) is 39.0. The van der Waals surface area contributed by atoms with Crippen molar-refractivity contribution < 1.29 is 27.7 Å². The molecule has 3 rings (SSSR count). The number of anilines is 1. The molecule has 1 fully saturated rings. The molecule has 2 aromatic rings. The highest BCUT2D eigenvalue weighted by molar-refractivity contribution is 7.14. The molecule has 1 unspecified atom stereocenters. The molecule has 1 N–H and O–H groups in total. The Morgan fingerprint density at radius 3 is 2.86 bits per heavy atom. The predicted molar refractivity (Wildman–Crippen MR) is 93.6 cm³/mol. The van der Waals surface area contributed by atoms with Gasteiger partial charge in [0.1, 0.15) is 6.54 Å². The number of nitro groups is 1. The van der Waals surface area contributed by atoms with E-state index in [0.29, 0.717) is 16.2 Å². The number of nitrogens with one attached hydrogen (secondary N) is 1. The summed E-state index contributed by atoms with van der Waals surface area (Å²) in [6.45, 7) is -1.70. The molecule has 1 saturated heterocycles. The lowest BCUT2D eigenvalue weighted by Crippen LogP contribution is -2.36. The van der Waals surface area contributed by atoms with E-state index in [1.165, 1.54) is 18.2 Å². The number of nitrogens with zero attached hydrogens (tertiary/aromatic N) is 3. The first-order valence-electron chi connectivity index (χ1n) is 7.98. The maximum Gasteiger partial charge on any atom is 0.406 e. The fourth-order valence-electron chi connectivity index (χ4n) is 2.77. The van der Waals surface area contributed by atoms with Gasteiger partial charge in [-0.3, -0.25) is 19.7 Å². The van der Waals surface area contributed by atoms with E-state index in [1.54, 1.807) is 11.4 Å². The molecule has 12 heteroatoms. The zero-order valence-electron chi connectivity index (χ0n) is 14.1. The van der Waals surface area contributed by atoms with Crippen molar-refractivity contribution >= 4 is 34.0 Å². The highest BCUT2D eigenvalue weighted by Gasteiger charge is 2.40. The molecule has 1 aliphatic rings. The third kappa shape index (κ3) is 4.63. The van der Waals surface area contributed by atoms with Crippen molar-refractivity contribution in [1.29, 1.82) is 0 Å². The lowest BCUT2D eigenvalue weighted by Gasteiger charge is -2.18. The summed E-state index contributed by atoms with van der Waals surface area (Å²) < 4.78 is 37.4. The lowest BCUT2D eigenvalue weighted by molar-refractivity contribution is -0.384. The molecule has 8 nitrogen and oxygen atoms in total. The third-order valence-corrected chi connectivity index (χ3v) is 4.80. The molecule has 28 heavy (non-hydrogen) atoms. The minimum Gasteiger partial charge on any atom is -0.333 e. The van der Waals surface area contributed by atoms with Crippen LogP contribution in [0.15, 0.2) is 29.6 Å². The Labute approximate surface area is 160 Å². The zero-order chi connectivity index (χ0) is 20.5. The van der Waals surface area contributed by atoms with Crippen molar-refractivity contribution in [1.82, 2.24) is 9.88 Å². The average Bonchev–Trinajstić information content (AvgIpc) is 3.21. The largest absolute Gasteiger partial charge is 0.406 e. The van der Waals surface area contributed by atoms with Crippen molar-refractivity contribution in [2.45, 2.75) is 12.6 Å². The number of thiazole rings is 1. The zero-order valence-corrected chi connectivity index (χ0v) is 14.9. The summed E-state index contributed by atoms with van der Waals surface area (Å²) in [5.74, 6) is -2.23. The molecule has 0 aliphatic carbocycles. The van der Waals surface area contributed by atoms with Crippen LogP contribution in [-0.4, -0.2) is 45.9 Å². The number of amides is 2. The van der Waals surface area contributed by atoms with Crippen LogP contribution in [0.1, 0.15) is 6.42 Å². The Morgan fingerprint density at radius 1 is 1.43 bits per heavy atom. The van der Waals surface area contributed by atoms with E-state index in [0.717, 1.165) is 11.3 Å². The second-order valence-electron chi connectivity index (χ2n) is 6.13. The Kier molecular flexibility index (Phi) is 5.31. The molecule has 1 aromatic heterocycles. The van der Waals surface area contributed by atoms with Gasteiger partial charge in [-0.2, -0.15) is 13.2 Å². The number of rotatable bonds is 5. The van der Waals surface area contributed by atoms with Crippen LogP contribution in [0.3, 0.4) is 0 Å². The van der Waals surface area contributed by atoms with Gasteiger partial charge in [-0.1, -0.05) is 12.1 Å². The number of carbonyl (C=O) groups is 2. The van der Waals surface area contributed by atoms with Gasteiger partial charge in [0.05, 0.1) is 16.5 Å². The van der Waals surface area contributed by atoms with Gasteiger partial charge in [0.25, 0.3) is 5.69 Å². The van der Waals surface area contributed by atoms with E-state index < -0.39 is 35.4 Å². The molecule has 1 aliphatic heterocycles. The normalized spacial score (nSPS) is 17.0. The molecule has 0 radical (unpaired) electrons. The van der Waals surface area contributed by atoms with Crippen molar-refractivity contribution in [2.75, 3.05) is 18.4 Å². The summed E-state index contributed by atoms with van der Waals surface area (Å²) in [5, 5.41) is 15.1. The van der Waals surface area contributed by atoms with Crippen LogP contribution in [0.2, 0.25) is 0 Å². The molecule has 0 saturated carbocycles. The number of halogens is 3. The van der Waals surface area contributed by atoms with Crippen LogP contribution in [0.25, 0.3) is 11.3 Å². The smallest absolute Gasteiger partial charge is 0.333 e. The van der Waals surface area contributed by atoms with Crippen LogP contribution < -0.4 is 5.32 Å². The van der Waals surface area contributed by atoms with Crippen molar-refractivity contribution in [3.8, 4) is 11.3 Å². The van der Waals surface area contributed by atoms with Gasteiger partial charge >= 0.3 is 6.18 Å². The van der Waals surface area contributed by atoms with Gasteiger partial charge in [0.15, 0.2) is 5.13 Å². The third-order valence-electron chi connectivity index (χ3n) is 4.04. The molecule has 1 aromatic carbocycles. The number of hydrogen-bond acceptors (Lipinski definition) is 6. The molecule has 148 valence electrons. The number of alkyl halides is 3. The minimum absolute atomic E-state index is 0.106. The highest BCUT2D eigenvalue weighted by Crippen LogP contribution is 2.29. The van der Waals surface area contributed by atoms with E-state index in [2.05, 4.69) is 10.3 Å². The standard InChI is InChI=1S/C16H13F3N4O4S/c17-16(18,19)8-22-6-10(5-13(22)24)14(25)21-15-20-12(7-28-15)9-2-1-3-11(4-9)23(26)27/h1-4,7,10H,5-6,8H2,(H,20,21,25). The Hall–Kier alpha value is -3.02. The first-order chi connectivity index (χ1) is 13.1. The van der Waals surface area contributed by atoms with Crippen LogP contribution in [-0.2, 0) is 9.59 Å². The molecule has 0 bridgehead atoms. The fraction of sp³-hybridized carbons (Fsp3) is 0.312. The number of carbonyl (C=O) groups excluding carboxylic acids is 2. The van der Waals surface area contributed by atoms with Crippen LogP contribution >= 0.6 is 11.3 Å². The topological polar surface area (TPSA) is 105 Å². The lowest BCUT2D eigenvalue weighted by atomic mass is 10.1. The molecule has 2 heterocycles. The van der Waals surface area contributed by atoms with Crippen molar-refractivity contribution in [2.24, 2.45) is 5.92 Å². The van der Waals surface area contributed by atoms with E-state index in [9.17, 15) is 32.9 Å². The number of nitro benzene ring substituents is 1. The average molecular weight is 414 g/mol. The highest BCUT2D eigenvalue weighted by atomic mass is 32.1. The van der Waals surface area contributed by atoms with Crippen LogP contribution in [0.4, 0.5) is 24.0 Å². The summed E-state index contributed by atoms with van der Waals surface area (Å²) in [7, 11) is 0. The first kappa shape index (κ1) is 19.7. The SMILES string of the molecule is O=C(Nc1nc(-c2cccc([N+](=O)[O-])c2)cs1)C1CC(=O)N(CC(F)(F)F)C1. The number of non-ortho nitro benzene ring substituents is 1. The first-order valence-corrected chi connectivity index (χ1v) is 8.86. The van der Waals surface area contributed by atoms with Crippen LogP contribution in [0, 0.1) is 16.0 Å². The van der Waals surface area contributed by atoms with E-state index in [-0.39, 0.29) is 23.8 Å². The summed E-state index contributed by atoms with van der Waals surface area (Å²) >= 11 is 1.07. The predicted octanol–water partition coefficient (Wildman–Crippen LogP) is 3.07. The number of hydrogen-bond donors (Lipinski definition) is 1. The maximum absolute atomic E-state index is 12.5. The summed E-state index contributed by atoms with van der Waals surface area (Å²) in [6, 6.07) is 5.80. The number of benzene rings is 1. The maximum atomic E-state index is 12.5. The molecular formula is C16H13F3N4O4S. The van der Waals surface area contributed by atoms with Gasteiger partial charge in [0.2, 0.25) is 11.8 Å². The van der Waals surface area contributed by atoms with Gasteiger partial charge in [0, 0.05) is 36.0 Å². The number of aromatic nitrogens is 1. The second kappa shape index (κ2) is 7.54. The van der Waals surface area contributed by atoms with Crippen LogP contribution in [0.5, 0.6) is 0 Å². The van der Waals surface area contributed by atoms with E-state index in [1.807, 2.05) is 0 Å². The molecule has 2 amide bonds. The van der Waals surface area contributed by atoms with Crippen molar-refractivity contribution in [3.05, 3.63) is 39.8 Å². The molecule has 1 atom stereocenters.